The van der Waals surface area contributed by atoms with E-state index in [-0.39, 0.29) is 24.0 Å². The first-order valence-electron chi connectivity index (χ1n) is 7.95. The van der Waals surface area contributed by atoms with Crippen LogP contribution in [-0.4, -0.2) is 24.2 Å². The van der Waals surface area contributed by atoms with Gasteiger partial charge in [-0.15, -0.1) is 0 Å². The largest absolute Gasteiger partial charge is 0.461 e. The molecule has 0 bridgehead atoms. The highest BCUT2D eigenvalue weighted by Gasteiger charge is 2.40. The molecule has 21 heavy (non-hydrogen) atoms. The summed E-state index contributed by atoms with van der Waals surface area (Å²) < 4.78 is 5.50. The summed E-state index contributed by atoms with van der Waals surface area (Å²) in [5.41, 5.74) is 2.36. The van der Waals surface area contributed by atoms with Crippen molar-refractivity contribution in [1.82, 2.24) is 0 Å². The number of anilines is 1. The average molecular weight is 289 g/mol. The van der Waals surface area contributed by atoms with Crippen molar-refractivity contribution in [2.24, 2.45) is 5.92 Å². The highest BCUT2D eigenvalue weighted by molar-refractivity contribution is 5.81. The Labute approximate surface area is 128 Å². The minimum Gasteiger partial charge on any atom is -0.461 e. The van der Waals surface area contributed by atoms with Gasteiger partial charge < -0.3 is 9.64 Å². The molecular weight excluding hydrogens is 262 g/mol. The second kappa shape index (κ2) is 6.50. The lowest BCUT2D eigenvalue weighted by Crippen LogP contribution is -2.47. The van der Waals surface area contributed by atoms with Crippen LogP contribution in [0.25, 0.3) is 0 Å². The molecule has 0 amide bonds. The lowest BCUT2D eigenvalue weighted by Gasteiger charge is -2.35. The van der Waals surface area contributed by atoms with E-state index in [0.717, 1.165) is 18.5 Å². The molecule has 1 aromatic carbocycles. The van der Waals surface area contributed by atoms with Gasteiger partial charge in [0.25, 0.3) is 0 Å². The Morgan fingerprint density at radius 1 is 1.14 bits per heavy atom. The summed E-state index contributed by atoms with van der Waals surface area (Å²) >= 11 is 0. The summed E-state index contributed by atoms with van der Waals surface area (Å²) in [6.45, 7) is 10.1. The Morgan fingerprint density at radius 3 is 2.14 bits per heavy atom. The van der Waals surface area contributed by atoms with Gasteiger partial charge >= 0.3 is 5.97 Å². The van der Waals surface area contributed by atoms with Crippen LogP contribution < -0.4 is 4.90 Å². The number of benzene rings is 1. The van der Waals surface area contributed by atoms with Crippen LogP contribution in [-0.2, 0) is 9.53 Å². The Kier molecular flexibility index (Phi) is 4.92. The van der Waals surface area contributed by atoms with Crippen LogP contribution in [0.2, 0.25) is 0 Å². The van der Waals surface area contributed by atoms with Gasteiger partial charge in [-0.25, -0.2) is 4.79 Å². The van der Waals surface area contributed by atoms with Crippen molar-refractivity contribution in [3.05, 3.63) is 29.8 Å². The number of carbonyl (C=O) groups is 1. The van der Waals surface area contributed by atoms with Gasteiger partial charge in [0, 0.05) is 11.7 Å². The minimum absolute atomic E-state index is 0.0715. The van der Waals surface area contributed by atoms with Crippen molar-refractivity contribution >= 4 is 11.7 Å². The molecule has 0 N–H and O–H groups in total. The number of rotatable bonds is 6. The molecule has 1 atom stereocenters. The van der Waals surface area contributed by atoms with Crippen LogP contribution in [0, 0.1) is 12.8 Å². The molecule has 3 nitrogen and oxygen atoms in total. The van der Waals surface area contributed by atoms with E-state index in [9.17, 15) is 4.79 Å². The van der Waals surface area contributed by atoms with Crippen molar-refractivity contribution < 1.29 is 9.53 Å². The van der Waals surface area contributed by atoms with Gasteiger partial charge in [0.1, 0.15) is 6.04 Å². The quantitative estimate of drug-likeness (QED) is 0.743. The van der Waals surface area contributed by atoms with Crippen molar-refractivity contribution in [2.45, 2.75) is 65.6 Å². The van der Waals surface area contributed by atoms with Gasteiger partial charge in [-0.3, -0.25) is 0 Å². The number of aryl methyl sites for hydroxylation is 1. The zero-order valence-corrected chi connectivity index (χ0v) is 13.8. The van der Waals surface area contributed by atoms with Crippen molar-refractivity contribution in [3.8, 4) is 0 Å². The molecule has 1 aliphatic carbocycles. The molecular formula is C18H27NO2. The number of esters is 1. The third-order valence-corrected chi connectivity index (χ3v) is 3.80. The Bertz CT molecular complexity index is 474. The Balaban J connectivity index is 2.29. The van der Waals surface area contributed by atoms with E-state index in [2.05, 4.69) is 49.9 Å². The summed E-state index contributed by atoms with van der Waals surface area (Å²) in [6, 6.07) is 8.71. The fourth-order valence-corrected chi connectivity index (χ4v) is 2.68. The fourth-order valence-electron chi connectivity index (χ4n) is 2.68. The number of hydrogen-bond acceptors (Lipinski definition) is 3. The topological polar surface area (TPSA) is 29.5 Å². The zero-order chi connectivity index (χ0) is 15.6. The van der Waals surface area contributed by atoms with Crippen molar-refractivity contribution in [1.29, 1.82) is 0 Å². The van der Waals surface area contributed by atoms with Gasteiger partial charge in [0.05, 0.1) is 6.10 Å². The normalized spacial score (nSPS) is 16.1. The third-order valence-electron chi connectivity index (χ3n) is 3.80. The molecule has 0 aromatic heterocycles. The molecule has 0 spiro atoms. The molecule has 116 valence electrons. The van der Waals surface area contributed by atoms with Gasteiger partial charge in [-0.05, 0) is 51.7 Å². The molecule has 1 fully saturated rings. The maximum Gasteiger partial charge on any atom is 0.329 e. The second-order valence-electron chi connectivity index (χ2n) is 6.65. The molecule has 0 aliphatic heterocycles. The van der Waals surface area contributed by atoms with Crippen LogP contribution in [0.5, 0.6) is 0 Å². The highest BCUT2D eigenvalue weighted by atomic mass is 16.5. The first-order valence-corrected chi connectivity index (χ1v) is 7.95. The maximum atomic E-state index is 12.5. The van der Waals surface area contributed by atoms with E-state index < -0.39 is 0 Å². The van der Waals surface area contributed by atoms with Crippen molar-refractivity contribution in [3.63, 3.8) is 0 Å². The van der Waals surface area contributed by atoms with Gasteiger partial charge in [-0.1, -0.05) is 31.5 Å². The molecule has 0 saturated heterocycles. The molecule has 0 heterocycles. The third kappa shape index (κ3) is 3.99. The van der Waals surface area contributed by atoms with E-state index in [1.54, 1.807) is 0 Å². The van der Waals surface area contributed by atoms with Gasteiger partial charge in [-0.2, -0.15) is 0 Å². The average Bonchev–Trinajstić information content (AvgIpc) is 3.19. The molecule has 0 radical (unpaired) electrons. The van der Waals surface area contributed by atoms with Crippen LogP contribution in [0.15, 0.2) is 24.3 Å². The number of ether oxygens (including phenoxy) is 1. The number of hydrogen-bond donors (Lipinski definition) is 0. The summed E-state index contributed by atoms with van der Waals surface area (Å²) in [5, 5.41) is 0. The molecule has 1 unspecified atom stereocenters. The minimum atomic E-state index is -0.206. The van der Waals surface area contributed by atoms with Crippen LogP contribution in [0.3, 0.4) is 0 Å². The summed E-state index contributed by atoms with van der Waals surface area (Å²) in [4.78, 5) is 14.8. The monoisotopic (exact) mass is 289 g/mol. The van der Waals surface area contributed by atoms with E-state index in [0.29, 0.717) is 6.04 Å². The second-order valence-corrected chi connectivity index (χ2v) is 6.65. The van der Waals surface area contributed by atoms with E-state index in [1.807, 2.05) is 13.8 Å². The molecule has 1 aliphatic rings. The lowest BCUT2D eigenvalue weighted by molar-refractivity contribution is -0.150. The van der Waals surface area contributed by atoms with Gasteiger partial charge in [0.15, 0.2) is 0 Å². The summed E-state index contributed by atoms with van der Waals surface area (Å²) in [5.74, 6) is 0.116. The predicted molar refractivity (Wildman–Crippen MR) is 86.5 cm³/mol. The SMILES string of the molecule is Cc1ccc(N(C2CC2)C(C(=O)OC(C)C)C(C)C)cc1. The maximum absolute atomic E-state index is 12.5. The fraction of sp³-hybridized carbons (Fsp3) is 0.611. The summed E-state index contributed by atoms with van der Waals surface area (Å²) in [7, 11) is 0. The molecule has 1 saturated carbocycles. The first kappa shape index (κ1) is 15.9. The highest BCUT2D eigenvalue weighted by Crippen LogP contribution is 2.35. The number of carbonyl (C=O) groups excluding carboxylic acids is 1. The molecule has 3 heteroatoms. The van der Waals surface area contributed by atoms with Crippen LogP contribution in [0.4, 0.5) is 5.69 Å². The first-order chi connectivity index (χ1) is 9.90. The zero-order valence-electron chi connectivity index (χ0n) is 13.8. The standard InChI is InChI=1S/C18H27NO2/c1-12(2)17(18(20)21-13(3)4)19(16-10-11-16)15-8-6-14(5)7-9-15/h6-9,12-13,16-17H,10-11H2,1-5H3. The lowest BCUT2D eigenvalue weighted by atomic mass is 10.0. The number of nitrogens with zero attached hydrogens (tertiary/aromatic N) is 1. The summed E-state index contributed by atoms with van der Waals surface area (Å²) in [6.07, 6.45) is 2.25. The Morgan fingerprint density at radius 2 is 1.71 bits per heavy atom. The predicted octanol–water partition coefficient (Wildman–Crippen LogP) is 3.94. The van der Waals surface area contributed by atoms with Crippen molar-refractivity contribution in [2.75, 3.05) is 4.90 Å². The van der Waals surface area contributed by atoms with Crippen LogP contribution >= 0.6 is 0 Å². The molecule has 1 aromatic rings. The van der Waals surface area contributed by atoms with E-state index in [1.165, 1.54) is 5.56 Å². The smallest absolute Gasteiger partial charge is 0.329 e. The van der Waals surface area contributed by atoms with E-state index >= 15 is 0 Å². The van der Waals surface area contributed by atoms with Gasteiger partial charge in [0.2, 0.25) is 0 Å². The Hall–Kier alpha value is -1.51. The van der Waals surface area contributed by atoms with Crippen LogP contribution in [0.1, 0.15) is 46.1 Å². The molecule has 2 rings (SSSR count). The van der Waals surface area contributed by atoms with E-state index in [4.69, 9.17) is 4.74 Å².